The molecule has 45 heavy (non-hydrogen) atoms. The fraction of sp³-hybridized carbons (Fsp3) is 0.520. The molecule has 0 saturated carbocycles. The van der Waals surface area contributed by atoms with Crippen molar-refractivity contribution >= 4 is 54.0 Å². The van der Waals surface area contributed by atoms with Crippen LogP contribution in [0, 0.1) is 11.6 Å². The molecule has 0 atom stereocenters. The molecule has 0 spiro atoms. The Labute approximate surface area is 273 Å². The van der Waals surface area contributed by atoms with E-state index in [1.54, 1.807) is 28.0 Å². The van der Waals surface area contributed by atoms with Gasteiger partial charge in [-0.05, 0) is 84.6 Å². The fourth-order valence-electron chi connectivity index (χ4n) is 3.68. The second-order valence-electron chi connectivity index (χ2n) is 10.3. The topological polar surface area (TPSA) is 97.0 Å². The predicted octanol–water partition coefficient (Wildman–Crippen LogP) is 3.50. The van der Waals surface area contributed by atoms with Crippen LogP contribution in [0.5, 0.6) is 0 Å². The summed E-state index contributed by atoms with van der Waals surface area (Å²) in [6.45, 7) is 0. The average molecular weight is 907 g/mol. The minimum atomic E-state index is -5.81. The van der Waals surface area contributed by atoms with Gasteiger partial charge in [0.15, 0.2) is 0 Å². The molecule has 0 amide bonds. The van der Waals surface area contributed by atoms with Gasteiger partial charge in [0, 0.05) is 0 Å². The van der Waals surface area contributed by atoms with E-state index in [1.165, 1.54) is 24.3 Å². The number of alkyl halides is 3. The van der Waals surface area contributed by atoms with E-state index in [1.807, 2.05) is 84.6 Å². The molecule has 0 fully saturated rings. The van der Waals surface area contributed by atoms with Gasteiger partial charge in [0.05, 0.1) is 0 Å². The van der Waals surface area contributed by atoms with Crippen molar-refractivity contribution in [2.75, 3.05) is 84.6 Å². The predicted molar refractivity (Wildman–Crippen MR) is 171 cm³/mol. The summed E-state index contributed by atoms with van der Waals surface area (Å²) in [6, 6.07) is 8.64. The van der Waals surface area contributed by atoms with Crippen LogP contribution in [0.4, 0.5) is 22.0 Å². The first kappa shape index (κ1) is 44.1. The van der Waals surface area contributed by atoms with E-state index in [-0.39, 0.29) is 6.54 Å². The molecule has 0 N–H and O–H groups in total. The van der Waals surface area contributed by atoms with Gasteiger partial charge in [-0.2, -0.15) is 0 Å². The van der Waals surface area contributed by atoms with Crippen LogP contribution in [0.1, 0.15) is 0 Å². The van der Waals surface area contributed by atoms with E-state index in [9.17, 15) is 39.5 Å². The van der Waals surface area contributed by atoms with Crippen molar-refractivity contribution < 1.29 is 41.8 Å². The molecule has 0 saturated heterocycles. The van der Waals surface area contributed by atoms with Gasteiger partial charge >= 0.3 is 137 Å². The van der Waals surface area contributed by atoms with Crippen LogP contribution in [0.3, 0.4) is 0 Å². The number of hydrogen-bond donors (Lipinski definition) is 0. The molecule has 260 valence electrons. The van der Waals surface area contributed by atoms with Crippen molar-refractivity contribution in [3.8, 4) is 0 Å². The van der Waals surface area contributed by atoms with Gasteiger partial charge in [-0.15, -0.1) is 0 Å². The van der Waals surface area contributed by atoms with E-state index in [4.69, 9.17) is 0 Å². The number of rotatable bonds is 10. The summed E-state index contributed by atoms with van der Waals surface area (Å²) in [5, 5.41) is 0. The van der Waals surface area contributed by atoms with E-state index in [2.05, 4.69) is 2.26 Å². The third-order valence-corrected chi connectivity index (χ3v) is 22.9. The Kier molecular flexibility index (Phi) is 17.7. The molecular weight excluding hydrogens is 862 g/mol. The first-order valence-corrected chi connectivity index (χ1v) is 22.3. The molecule has 0 aliphatic heterocycles. The zero-order valence-electron chi connectivity index (χ0n) is 27.5. The Morgan fingerprint density at radius 2 is 0.778 bits per heavy atom. The molecule has 0 radical (unpaired) electrons. The molecule has 2 aromatic carbocycles. The third kappa shape index (κ3) is 12.2. The van der Waals surface area contributed by atoms with Crippen molar-refractivity contribution in [3.05, 3.63) is 60.2 Å². The molecule has 2 rings (SSSR count). The van der Waals surface area contributed by atoms with Crippen LogP contribution in [0.2, 0.25) is 0 Å². The molecule has 2 aromatic rings. The Hall–Kier alpha value is -0.897. The van der Waals surface area contributed by atoms with E-state index in [0.29, 0.717) is 0 Å². The summed E-state index contributed by atoms with van der Waals surface area (Å²) >= 11 is -4.14. The number of nitrogens with zero attached hydrogens (tertiary/aromatic N) is 6. The molecule has 0 unspecified atom stereocenters. The van der Waals surface area contributed by atoms with Gasteiger partial charge in [-0.1, -0.05) is 0 Å². The Morgan fingerprint density at radius 1 is 0.556 bits per heavy atom. The number of benzene rings is 2. The quantitative estimate of drug-likeness (QED) is 0.152. The van der Waals surface area contributed by atoms with Gasteiger partial charge in [0.1, 0.15) is 0 Å². The zero-order valence-corrected chi connectivity index (χ0v) is 33.6. The number of hydrogen-bond acceptors (Lipinski definition) is 5. The summed E-state index contributed by atoms with van der Waals surface area (Å²) in [7, 11) is 11.2. The van der Waals surface area contributed by atoms with Crippen molar-refractivity contribution in [2.45, 2.75) is 5.51 Å². The van der Waals surface area contributed by atoms with E-state index < -0.39 is 64.6 Å². The van der Waals surface area contributed by atoms with Crippen molar-refractivity contribution in [1.29, 1.82) is 0 Å². The normalized spacial score (nSPS) is 13.1. The average Bonchev–Trinajstić information content (AvgIpc) is 2.91. The maximum atomic E-state index is 13.0. The molecular formula is C25H44BiF5N6O5P2S. The molecule has 11 nitrogen and oxygen atoms in total. The SMILES string of the molecule is CN(C)P(=O)(N(C)C)N(C)C.CN(C)P(=O)(N(C)C)N(C)C.O=S(=O)([O][Bi]([c]1ccc(F)cc1)[c]1ccc(F)cc1)C(F)(F)F. The van der Waals surface area contributed by atoms with Gasteiger partial charge in [0.2, 0.25) is 0 Å². The van der Waals surface area contributed by atoms with Crippen LogP contribution in [0.25, 0.3) is 0 Å². The second-order valence-corrected chi connectivity index (χ2v) is 26.7. The Balaban J connectivity index is 0.000000739. The first-order chi connectivity index (χ1) is 20.3. The van der Waals surface area contributed by atoms with Crippen LogP contribution < -0.4 is 6.54 Å². The Morgan fingerprint density at radius 3 is 0.933 bits per heavy atom. The van der Waals surface area contributed by atoms with Gasteiger partial charge in [-0.3, -0.25) is 9.13 Å². The molecule has 20 heteroatoms. The standard InChI is InChI=1S/2C6H4F.2C6H18N3OP.CHF3O3S.Bi/c2*7-6-4-2-1-3-5-6;2*1-7(2)11(10,8(3)4)9(5)6;2-1(3,4)8(5,6)7;/h2*2-5H;2*1-6H3;(H,5,6,7);/q;;;;;+1/p-1. The van der Waals surface area contributed by atoms with Crippen LogP contribution >= 0.6 is 15.2 Å². The number of halogens is 5. The fourth-order valence-corrected chi connectivity index (χ4v) is 18.1. The van der Waals surface area contributed by atoms with Gasteiger partial charge in [-0.25, -0.2) is 28.0 Å². The monoisotopic (exact) mass is 906 g/mol. The zero-order chi connectivity index (χ0) is 35.7. The summed E-state index contributed by atoms with van der Waals surface area (Å²) < 4.78 is 126. The second kappa shape index (κ2) is 18.0. The van der Waals surface area contributed by atoms with E-state index >= 15 is 0 Å². The van der Waals surface area contributed by atoms with E-state index in [0.717, 1.165) is 24.3 Å². The Bertz CT molecular complexity index is 1260. The van der Waals surface area contributed by atoms with Crippen LogP contribution in [0.15, 0.2) is 48.5 Å². The van der Waals surface area contributed by atoms with Crippen molar-refractivity contribution in [3.63, 3.8) is 0 Å². The molecule has 0 bridgehead atoms. The molecule has 0 aromatic heterocycles. The summed E-state index contributed by atoms with van der Waals surface area (Å²) in [6.07, 6.45) is 0. The summed E-state index contributed by atoms with van der Waals surface area (Å²) in [4.78, 5) is 0. The summed E-state index contributed by atoms with van der Waals surface area (Å²) in [5.74, 6) is -1.26. The van der Waals surface area contributed by atoms with Gasteiger partial charge in [0.25, 0.3) is 15.2 Å². The minimum absolute atomic E-state index is 0.167. The van der Waals surface area contributed by atoms with Gasteiger partial charge < -0.3 is 0 Å². The van der Waals surface area contributed by atoms with Crippen molar-refractivity contribution in [2.24, 2.45) is 0 Å². The first-order valence-electron chi connectivity index (χ1n) is 12.9. The van der Waals surface area contributed by atoms with Crippen LogP contribution in [-0.4, -0.2) is 149 Å². The molecule has 0 aliphatic rings. The third-order valence-electron chi connectivity index (χ3n) is 5.70. The summed E-state index contributed by atoms with van der Waals surface area (Å²) in [5.41, 5.74) is -5.57. The maximum absolute atomic E-state index is 13.0. The van der Waals surface area contributed by atoms with Crippen molar-refractivity contribution in [1.82, 2.24) is 28.0 Å². The molecule has 0 aliphatic carbocycles. The molecule has 0 heterocycles. The van der Waals surface area contributed by atoms with Crippen LogP contribution in [-0.2, 0) is 21.5 Å².